The zero-order valence-electron chi connectivity index (χ0n) is 12.3. The molecule has 2 aliphatic rings. The van der Waals surface area contributed by atoms with Crippen molar-refractivity contribution in [3.05, 3.63) is 18.0 Å². The number of carbonyl (C=O) groups excluding carboxylic acids is 1. The van der Waals surface area contributed by atoms with Crippen molar-refractivity contribution in [3.8, 4) is 0 Å². The number of rotatable bonds is 3. The number of aromatic nitrogens is 1. The van der Waals surface area contributed by atoms with Gasteiger partial charge < -0.3 is 9.42 Å². The van der Waals surface area contributed by atoms with E-state index in [0.29, 0.717) is 11.7 Å². The van der Waals surface area contributed by atoms with Gasteiger partial charge in [-0.15, -0.1) is 0 Å². The Kier molecular flexibility index (Phi) is 3.54. The highest BCUT2D eigenvalue weighted by Crippen LogP contribution is 2.38. The lowest BCUT2D eigenvalue weighted by Crippen LogP contribution is -2.48. The molecule has 0 radical (unpaired) electrons. The molecule has 3 heterocycles. The van der Waals surface area contributed by atoms with E-state index in [0.717, 1.165) is 26.1 Å². The quantitative estimate of drug-likeness (QED) is 0.848. The van der Waals surface area contributed by atoms with Gasteiger partial charge in [-0.25, -0.2) is 0 Å². The van der Waals surface area contributed by atoms with E-state index >= 15 is 0 Å². The lowest BCUT2D eigenvalue weighted by atomic mass is 9.94. The van der Waals surface area contributed by atoms with Crippen LogP contribution in [0.3, 0.4) is 0 Å². The average molecular weight is 277 g/mol. The molecule has 0 bridgehead atoms. The predicted molar refractivity (Wildman–Crippen MR) is 75.4 cm³/mol. The lowest BCUT2D eigenvalue weighted by molar-refractivity contribution is 0.0699. The highest BCUT2D eigenvalue weighted by Gasteiger charge is 2.47. The van der Waals surface area contributed by atoms with Crippen LogP contribution in [-0.4, -0.2) is 52.6 Å². The number of nitrogens with zero attached hydrogens (tertiary/aromatic N) is 3. The van der Waals surface area contributed by atoms with Crippen LogP contribution in [0.15, 0.2) is 16.8 Å². The molecule has 1 amide bonds. The second kappa shape index (κ2) is 5.20. The minimum absolute atomic E-state index is 0.0178. The summed E-state index contributed by atoms with van der Waals surface area (Å²) in [5, 5.41) is 3.63. The molecule has 3 rings (SSSR count). The van der Waals surface area contributed by atoms with Gasteiger partial charge in [0.15, 0.2) is 0 Å². The van der Waals surface area contributed by atoms with Crippen molar-refractivity contribution in [2.24, 2.45) is 5.92 Å². The highest BCUT2D eigenvalue weighted by atomic mass is 16.5. The minimum Gasteiger partial charge on any atom is -0.351 e. The van der Waals surface area contributed by atoms with Crippen molar-refractivity contribution in [2.75, 3.05) is 26.2 Å². The summed E-state index contributed by atoms with van der Waals surface area (Å²) in [5.41, 5.74) is 0.208. The fourth-order valence-corrected chi connectivity index (χ4v) is 3.69. The fraction of sp³-hybridized carbons (Fsp3) is 0.733. The third kappa shape index (κ3) is 2.35. The van der Waals surface area contributed by atoms with Gasteiger partial charge in [-0.2, -0.15) is 0 Å². The van der Waals surface area contributed by atoms with Crippen molar-refractivity contribution < 1.29 is 9.32 Å². The maximum atomic E-state index is 12.4. The second-order valence-electron chi connectivity index (χ2n) is 6.52. The molecular weight excluding hydrogens is 254 g/mol. The first-order chi connectivity index (χ1) is 9.61. The first-order valence-electron chi connectivity index (χ1n) is 7.56. The zero-order chi connectivity index (χ0) is 14.2. The Morgan fingerprint density at radius 3 is 3.00 bits per heavy atom. The maximum Gasteiger partial charge on any atom is 0.292 e. The maximum absolute atomic E-state index is 12.4. The van der Waals surface area contributed by atoms with E-state index < -0.39 is 0 Å². The van der Waals surface area contributed by atoms with Crippen LogP contribution in [0, 0.1) is 5.92 Å². The van der Waals surface area contributed by atoms with E-state index in [4.69, 9.17) is 4.52 Å². The Morgan fingerprint density at radius 2 is 2.30 bits per heavy atom. The molecule has 2 fully saturated rings. The van der Waals surface area contributed by atoms with Crippen molar-refractivity contribution in [1.29, 1.82) is 0 Å². The molecule has 5 nitrogen and oxygen atoms in total. The third-order valence-electron chi connectivity index (χ3n) is 4.59. The molecule has 2 saturated heterocycles. The monoisotopic (exact) mass is 277 g/mol. The third-order valence-corrected chi connectivity index (χ3v) is 4.59. The van der Waals surface area contributed by atoms with E-state index in [9.17, 15) is 4.79 Å². The molecule has 0 saturated carbocycles. The summed E-state index contributed by atoms with van der Waals surface area (Å²) in [6, 6.07) is 1.65. The first kappa shape index (κ1) is 13.6. The zero-order valence-corrected chi connectivity index (χ0v) is 12.3. The summed E-state index contributed by atoms with van der Waals surface area (Å²) in [5.74, 6) is 1.01. The topological polar surface area (TPSA) is 49.6 Å². The van der Waals surface area contributed by atoms with Crippen LogP contribution in [-0.2, 0) is 0 Å². The number of hydrogen-bond donors (Lipinski definition) is 0. The van der Waals surface area contributed by atoms with Gasteiger partial charge in [0.25, 0.3) is 5.91 Å². The molecule has 0 N–H and O–H groups in total. The normalized spacial score (nSPS) is 27.1. The van der Waals surface area contributed by atoms with Gasteiger partial charge in [-0.1, -0.05) is 19.0 Å². The molecule has 1 spiro atoms. The SMILES string of the molecule is CC(C)CN1CCC[C@@]12CCN(C(=O)c1ccno1)C2. The summed E-state index contributed by atoms with van der Waals surface area (Å²) >= 11 is 0. The van der Waals surface area contributed by atoms with E-state index in [2.05, 4.69) is 23.9 Å². The van der Waals surface area contributed by atoms with Crippen molar-refractivity contribution in [1.82, 2.24) is 15.0 Å². The molecule has 5 heteroatoms. The van der Waals surface area contributed by atoms with Gasteiger partial charge >= 0.3 is 0 Å². The van der Waals surface area contributed by atoms with Crippen LogP contribution in [0.25, 0.3) is 0 Å². The molecule has 0 aliphatic carbocycles. The van der Waals surface area contributed by atoms with Crippen LogP contribution >= 0.6 is 0 Å². The molecule has 110 valence electrons. The number of amides is 1. The molecule has 1 aromatic heterocycles. The van der Waals surface area contributed by atoms with Gasteiger partial charge in [-0.3, -0.25) is 9.69 Å². The molecule has 0 unspecified atom stereocenters. The molecule has 1 atom stereocenters. The second-order valence-corrected chi connectivity index (χ2v) is 6.52. The van der Waals surface area contributed by atoms with Crippen LogP contribution < -0.4 is 0 Å². The number of likely N-dealkylation sites (tertiary alicyclic amines) is 2. The average Bonchev–Trinajstić information content (AvgIpc) is 3.13. The summed E-state index contributed by atoms with van der Waals surface area (Å²) in [4.78, 5) is 16.9. The molecule has 2 aliphatic heterocycles. The van der Waals surface area contributed by atoms with Crippen LogP contribution in [0.5, 0.6) is 0 Å². The van der Waals surface area contributed by atoms with Crippen molar-refractivity contribution in [2.45, 2.75) is 38.6 Å². The Morgan fingerprint density at radius 1 is 1.45 bits per heavy atom. The van der Waals surface area contributed by atoms with E-state index in [1.165, 1.54) is 25.6 Å². The highest BCUT2D eigenvalue weighted by molar-refractivity contribution is 5.91. The summed E-state index contributed by atoms with van der Waals surface area (Å²) < 4.78 is 5.00. The lowest BCUT2D eigenvalue weighted by Gasteiger charge is -2.36. The summed E-state index contributed by atoms with van der Waals surface area (Å²) in [6.07, 6.45) is 5.07. The first-order valence-corrected chi connectivity index (χ1v) is 7.56. The molecule has 20 heavy (non-hydrogen) atoms. The van der Waals surface area contributed by atoms with Crippen molar-refractivity contribution >= 4 is 5.91 Å². The summed E-state index contributed by atoms with van der Waals surface area (Å²) in [6.45, 7) is 8.48. The van der Waals surface area contributed by atoms with Gasteiger partial charge in [-0.05, 0) is 31.7 Å². The number of hydrogen-bond acceptors (Lipinski definition) is 4. The van der Waals surface area contributed by atoms with Gasteiger partial charge in [0.05, 0.1) is 6.20 Å². The van der Waals surface area contributed by atoms with Gasteiger partial charge in [0.1, 0.15) is 0 Å². The number of carbonyl (C=O) groups is 1. The predicted octanol–water partition coefficient (Wildman–Crippen LogP) is 2.01. The Labute approximate surface area is 119 Å². The van der Waals surface area contributed by atoms with E-state index in [1.807, 2.05) is 4.90 Å². The smallest absolute Gasteiger partial charge is 0.292 e. The molecule has 1 aromatic rings. The summed E-state index contributed by atoms with van der Waals surface area (Å²) in [7, 11) is 0. The van der Waals surface area contributed by atoms with Crippen LogP contribution in [0.4, 0.5) is 0 Å². The Hall–Kier alpha value is -1.36. The van der Waals surface area contributed by atoms with Gasteiger partial charge in [0.2, 0.25) is 5.76 Å². The van der Waals surface area contributed by atoms with E-state index in [-0.39, 0.29) is 11.4 Å². The van der Waals surface area contributed by atoms with Crippen LogP contribution in [0.2, 0.25) is 0 Å². The molecule has 0 aromatic carbocycles. The molecular formula is C15H23N3O2. The Bertz CT molecular complexity index is 471. The largest absolute Gasteiger partial charge is 0.351 e. The Balaban J connectivity index is 1.70. The fourth-order valence-electron chi connectivity index (χ4n) is 3.69. The van der Waals surface area contributed by atoms with Crippen molar-refractivity contribution in [3.63, 3.8) is 0 Å². The van der Waals surface area contributed by atoms with Crippen LogP contribution in [0.1, 0.15) is 43.7 Å². The van der Waals surface area contributed by atoms with Gasteiger partial charge in [0, 0.05) is 31.2 Å². The van der Waals surface area contributed by atoms with E-state index in [1.54, 1.807) is 6.07 Å². The minimum atomic E-state index is -0.0178. The standard InChI is InChI=1S/C15H23N3O2/c1-12(2)10-18-8-3-5-15(18)6-9-17(11-15)14(19)13-4-7-16-20-13/h4,7,12H,3,5-6,8-11H2,1-2H3/t15-/m0/s1.